The molecule has 1 saturated heterocycles. The number of aryl methyl sites for hydroxylation is 1. The van der Waals surface area contributed by atoms with Crippen LogP contribution in [0.2, 0.25) is 5.02 Å². The maximum absolute atomic E-state index is 13.1. The molecule has 1 aromatic heterocycles. The van der Waals surface area contributed by atoms with Gasteiger partial charge >= 0.3 is 6.18 Å². The van der Waals surface area contributed by atoms with Crippen LogP contribution in [0.4, 0.5) is 13.2 Å². The van der Waals surface area contributed by atoms with Crippen LogP contribution in [0.3, 0.4) is 0 Å². The average Bonchev–Trinajstić information content (AvgIpc) is 3.08. The summed E-state index contributed by atoms with van der Waals surface area (Å²) in [5, 5.41) is 20.0. The van der Waals surface area contributed by atoms with Gasteiger partial charge in [-0.3, -0.25) is 20.3 Å². The zero-order valence-electron chi connectivity index (χ0n) is 15.6. The fraction of sp³-hybridized carbons (Fsp3) is 0.333. The number of hydrogen-bond donors (Lipinski definition) is 2. The number of aromatic nitrogens is 2. The van der Waals surface area contributed by atoms with Gasteiger partial charge in [0.1, 0.15) is 5.84 Å². The van der Waals surface area contributed by atoms with Crippen molar-refractivity contribution in [3.8, 4) is 0 Å². The topological polar surface area (TPSA) is 89.1 Å². The molecule has 1 aliphatic heterocycles. The van der Waals surface area contributed by atoms with Crippen molar-refractivity contribution >= 4 is 29.2 Å². The number of nitrogens with zero attached hydrogens (tertiary/aromatic N) is 4. The second kappa shape index (κ2) is 7.51. The van der Waals surface area contributed by atoms with E-state index in [-0.39, 0.29) is 24.5 Å². The molecule has 2 heterocycles. The Morgan fingerprint density at radius 3 is 2.66 bits per heavy atom. The summed E-state index contributed by atoms with van der Waals surface area (Å²) in [7, 11) is 1.69. The van der Waals surface area contributed by atoms with Crippen molar-refractivity contribution < 1.29 is 18.0 Å². The zero-order valence-corrected chi connectivity index (χ0v) is 16.3. The van der Waals surface area contributed by atoms with Crippen LogP contribution in [-0.4, -0.2) is 49.7 Å². The molecule has 0 aliphatic carbocycles. The summed E-state index contributed by atoms with van der Waals surface area (Å²) in [6.07, 6.45) is -1.55. The van der Waals surface area contributed by atoms with Gasteiger partial charge in [-0.2, -0.15) is 18.3 Å². The van der Waals surface area contributed by atoms with Gasteiger partial charge in [0, 0.05) is 32.4 Å². The maximum atomic E-state index is 13.1. The van der Waals surface area contributed by atoms with Crippen molar-refractivity contribution in [3.63, 3.8) is 0 Å². The number of carbonyl (C=O) groups excluding carboxylic acids is 1. The Kier molecular flexibility index (Phi) is 5.40. The largest absolute Gasteiger partial charge is 0.417 e. The van der Waals surface area contributed by atoms with Crippen LogP contribution in [0.25, 0.3) is 0 Å². The molecule has 1 aromatic carbocycles. The van der Waals surface area contributed by atoms with E-state index in [1.54, 1.807) is 20.2 Å². The van der Waals surface area contributed by atoms with Crippen molar-refractivity contribution in [2.24, 2.45) is 7.05 Å². The minimum atomic E-state index is -4.60. The van der Waals surface area contributed by atoms with E-state index >= 15 is 0 Å². The number of rotatable bonds is 3. The smallest absolute Gasteiger partial charge is 0.327 e. The van der Waals surface area contributed by atoms with Crippen LogP contribution in [0.1, 0.15) is 23.6 Å². The first-order valence-electron chi connectivity index (χ1n) is 8.60. The van der Waals surface area contributed by atoms with Gasteiger partial charge < -0.3 is 9.80 Å². The third-order valence-electron chi connectivity index (χ3n) is 4.69. The molecule has 0 radical (unpaired) electrons. The Morgan fingerprint density at radius 1 is 1.38 bits per heavy atom. The number of piperazine rings is 1. The number of alkyl halides is 3. The summed E-state index contributed by atoms with van der Waals surface area (Å²) in [4.78, 5) is 15.3. The molecule has 154 valence electrons. The quantitative estimate of drug-likeness (QED) is 0.583. The van der Waals surface area contributed by atoms with E-state index in [0.717, 1.165) is 6.07 Å². The minimum absolute atomic E-state index is 0.0416. The van der Waals surface area contributed by atoms with Gasteiger partial charge in [0.15, 0.2) is 5.84 Å². The Balaban J connectivity index is 1.83. The van der Waals surface area contributed by atoms with Gasteiger partial charge in [-0.15, -0.1) is 0 Å². The van der Waals surface area contributed by atoms with E-state index in [4.69, 9.17) is 22.4 Å². The highest BCUT2D eigenvalue weighted by Gasteiger charge is 2.38. The fourth-order valence-electron chi connectivity index (χ4n) is 3.14. The molecule has 11 heteroatoms. The number of carbonyl (C=O) groups is 1. The van der Waals surface area contributed by atoms with Crippen molar-refractivity contribution in [1.29, 1.82) is 10.8 Å². The summed E-state index contributed by atoms with van der Waals surface area (Å²) in [6.45, 7) is 1.68. The Bertz CT molecular complexity index is 986. The van der Waals surface area contributed by atoms with Gasteiger partial charge in [0.05, 0.1) is 22.3 Å². The highest BCUT2D eigenvalue weighted by Crippen LogP contribution is 2.36. The number of hydrogen-bond acceptors (Lipinski definition) is 4. The Labute approximate surface area is 169 Å². The number of amidine groups is 2. The zero-order chi connectivity index (χ0) is 21.5. The molecular weight excluding hydrogens is 409 g/mol. The third-order valence-corrected chi connectivity index (χ3v) is 5.13. The first kappa shape index (κ1) is 20.8. The number of halogens is 4. The minimum Gasteiger partial charge on any atom is -0.327 e. The molecule has 3 rings (SSSR count). The average molecular weight is 427 g/mol. The van der Waals surface area contributed by atoms with Crippen LogP contribution in [-0.2, 0) is 24.6 Å². The van der Waals surface area contributed by atoms with E-state index in [1.165, 1.54) is 32.8 Å². The molecule has 2 aromatic rings. The molecule has 1 unspecified atom stereocenters. The Morgan fingerprint density at radius 2 is 2.07 bits per heavy atom. The molecule has 1 amide bonds. The summed E-state index contributed by atoms with van der Waals surface area (Å²) in [5.41, 5.74) is -0.374. The molecule has 1 aliphatic rings. The van der Waals surface area contributed by atoms with E-state index < -0.39 is 34.5 Å². The molecule has 1 atom stereocenters. The molecule has 1 fully saturated rings. The molecule has 0 saturated carbocycles. The lowest BCUT2D eigenvalue weighted by atomic mass is 10.1. The van der Waals surface area contributed by atoms with E-state index in [1.807, 2.05) is 0 Å². The Hall–Kier alpha value is -2.88. The van der Waals surface area contributed by atoms with Crippen LogP contribution < -0.4 is 0 Å². The second-order valence-electron chi connectivity index (χ2n) is 6.77. The second-order valence-corrected chi connectivity index (χ2v) is 7.15. The van der Waals surface area contributed by atoms with E-state index in [0.29, 0.717) is 5.56 Å². The third kappa shape index (κ3) is 3.98. The van der Waals surface area contributed by atoms with Gasteiger partial charge in [0.2, 0.25) is 0 Å². The summed E-state index contributed by atoms with van der Waals surface area (Å²) >= 11 is 5.94. The summed E-state index contributed by atoms with van der Waals surface area (Å²) in [5.74, 6) is -1.16. The van der Waals surface area contributed by atoms with E-state index in [2.05, 4.69) is 5.10 Å². The van der Waals surface area contributed by atoms with E-state index in [9.17, 15) is 18.0 Å². The van der Waals surface area contributed by atoms with Gasteiger partial charge in [-0.25, -0.2) is 0 Å². The lowest BCUT2D eigenvalue weighted by Gasteiger charge is -2.40. The molecule has 29 heavy (non-hydrogen) atoms. The van der Waals surface area contributed by atoms with Crippen LogP contribution in [0.5, 0.6) is 0 Å². The summed E-state index contributed by atoms with van der Waals surface area (Å²) < 4.78 is 40.8. The molecule has 0 spiro atoms. The van der Waals surface area contributed by atoms with Gasteiger partial charge in [-0.1, -0.05) is 23.7 Å². The molecule has 2 N–H and O–H groups in total. The standard InChI is InChI=1S/C18H18ClF3N6O/c1-10-7-28(15(23)12-6-25-26(2)8-12)16(24)17(29)27(10)9-11-4-3-5-13(14(11)19)18(20,21)22/h3-6,8,10,23-24H,7,9H2,1-2H3. The number of amides is 1. The predicted molar refractivity (Wildman–Crippen MR) is 101 cm³/mol. The predicted octanol–water partition coefficient (Wildman–Crippen LogP) is 3.13. The van der Waals surface area contributed by atoms with Crippen molar-refractivity contribution in [3.05, 3.63) is 52.3 Å². The number of benzene rings is 1. The molecule has 7 nitrogen and oxygen atoms in total. The van der Waals surface area contributed by atoms with Crippen LogP contribution in [0, 0.1) is 10.8 Å². The van der Waals surface area contributed by atoms with Gasteiger partial charge in [0.25, 0.3) is 5.91 Å². The SMILES string of the molecule is CC1CN(C(=N)c2cnn(C)c2)C(=N)C(=O)N1Cc1cccc(C(F)(F)F)c1Cl. The van der Waals surface area contributed by atoms with Crippen molar-refractivity contribution in [2.45, 2.75) is 25.7 Å². The molecule has 0 bridgehead atoms. The normalized spacial score (nSPS) is 17.8. The fourth-order valence-corrected chi connectivity index (χ4v) is 3.43. The van der Waals surface area contributed by atoms with Gasteiger partial charge in [-0.05, 0) is 18.6 Å². The lowest BCUT2D eigenvalue weighted by Crippen LogP contribution is -2.59. The van der Waals surface area contributed by atoms with Crippen LogP contribution >= 0.6 is 11.6 Å². The van der Waals surface area contributed by atoms with Crippen LogP contribution in [0.15, 0.2) is 30.6 Å². The highest BCUT2D eigenvalue weighted by molar-refractivity contribution is 6.40. The first-order valence-corrected chi connectivity index (χ1v) is 8.97. The molecular formula is C18H18ClF3N6O. The lowest BCUT2D eigenvalue weighted by molar-refractivity contribution is -0.137. The van der Waals surface area contributed by atoms with Crippen molar-refractivity contribution in [1.82, 2.24) is 19.6 Å². The maximum Gasteiger partial charge on any atom is 0.417 e. The summed E-state index contributed by atoms with van der Waals surface area (Å²) in [6, 6.07) is 3.08. The number of nitrogens with one attached hydrogen (secondary N) is 2. The first-order chi connectivity index (χ1) is 13.5. The monoisotopic (exact) mass is 426 g/mol. The van der Waals surface area contributed by atoms with Crippen molar-refractivity contribution in [2.75, 3.05) is 6.54 Å². The highest BCUT2D eigenvalue weighted by atomic mass is 35.5.